The van der Waals surface area contributed by atoms with Crippen molar-refractivity contribution in [1.29, 1.82) is 0 Å². The highest BCUT2D eigenvalue weighted by atomic mass is 16.5. The molecule has 1 fully saturated rings. The van der Waals surface area contributed by atoms with E-state index in [0.29, 0.717) is 0 Å². The van der Waals surface area contributed by atoms with E-state index in [4.69, 9.17) is 9.84 Å². The van der Waals surface area contributed by atoms with Crippen molar-refractivity contribution in [3.8, 4) is 0 Å². The van der Waals surface area contributed by atoms with Crippen LogP contribution >= 0.6 is 0 Å². The zero-order valence-corrected chi connectivity index (χ0v) is 10.2. The van der Waals surface area contributed by atoms with E-state index < -0.39 is 12.1 Å². The first-order valence-electron chi connectivity index (χ1n) is 6.29. The van der Waals surface area contributed by atoms with Crippen molar-refractivity contribution in [2.75, 3.05) is 6.61 Å². The molecule has 4 nitrogen and oxygen atoms in total. The Hall–Kier alpha value is -1.39. The summed E-state index contributed by atoms with van der Waals surface area (Å²) < 4.78 is 5.72. The number of carboxylic acids is 1. The summed E-state index contributed by atoms with van der Waals surface area (Å²) in [6, 6.07) is 7.60. The maximum atomic E-state index is 10.7. The maximum absolute atomic E-state index is 10.7. The van der Waals surface area contributed by atoms with E-state index in [9.17, 15) is 9.90 Å². The third-order valence-corrected chi connectivity index (χ3v) is 3.28. The number of carbonyl (C=O) groups is 1. The van der Waals surface area contributed by atoms with Crippen LogP contribution in [-0.2, 0) is 16.0 Å². The molecular weight excluding hydrogens is 232 g/mol. The van der Waals surface area contributed by atoms with Gasteiger partial charge in [-0.3, -0.25) is 0 Å². The van der Waals surface area contributed by atoms with Gasteiger partial charge in [0, 0.05) is 13.0 Å². The van der Waals surface area contributed by atoms with Gasteiger partial charge in [0.25, 0.3) is 0 Å². The van der Waals surface area contributed by atoms with Crippen LogP contribution in [0, 0.1) is 0 Å². The van der Waals surface area contributed by atoms with Crippen LogP contribution in [0.1, 0.15) is 36.5 Å². The lowest BCUT2D eigenvalue weighted by Crippen LogP contribution is -2.23. The molecule has 18 heavy (non-hydrogen) atoms. The molecule has 1 aliphatic heterocycles. The Labute approximate surface area is 106 Å². The van der Waals surface area contributed by atoms with E-state index in [2.05, 4.69) is 0 Å². The monoisotopic (exact) mass is 250 g/mol. The minimum atomic E-state index is -1.35. The Morgan fingerprint density at radius 1 is 1.39 bits per heavy atom. The SMILES string of the molecule is O=C(O)[C@H](O)Cc1ccccc1C1CCCCO1. The molecular formula is C14H18O4. The van der Waals surface area contributed by atoms with Crippen molar-refractivity contribution in [2.24, 2.45) is 0 Å². The molecule has 0 bridgehead atoms. The minimum Gasteiger partial charge on any atom is -0.479 e. The standard InChI is InChI=1S/C14H18O4/c15-12(14(16)17)9-10-5-1-2-6-11(10)13-7-3-4-8-18-13/h1-2,5-6,12-13,15H,3-4,7-9H2,(H,16,17)/t12-,13?/m1/s1. The predicted octanol–water partition coefficient (Wildman–Crippen LogP) is 1.92. The number of ether oxygens (including phenoxy) is 1. The Balaban J connectivity index is 2.16. The van der Waals surface area contributed by atoms with Crippen LogP contribution in [0.4, 0.5) is 0 Å². The fourth-order valence-corrected chi connectivity index (χ4v) is 2.32. The second-order valence-corrected chi connectivity index (χ2v) is 4.61. The molecule has 0 saturated carbocycles. The number of hydrogen-bond acceptors (Lipinski definition) is 3. The second-order valence-electron chi connectivity index (χ2n) is 4.61. The summed E-state index contributed by atoms with van der Waals surface area (Å²) in [7, 11) is 0. The molecule has 2 N–H and O–H groups in total. The molecule has 0 aromatic heterocycles. The quantitative estimate of drug-likeness (QED) is 0.856. The molecule has 0 aliphatic carbocycles. The van der Waals surface area contributed by atoms with Crippen molar-refractivity contribution in [2.45, 2.75) is 37.9 Å². The van der Waals surface area contributed by atoms with Gasteiger partial charge >= 0.3 is 5.97 Å². The number of hydrogen-bond donors (Lipinski definition) is 2. The normalized spacial score (nSPS) is 21.5. The minimum absolute atomic E-state index is 0.0379. The van der Waals surface area contributed by atoms with Crippen molar-refractivity contribution < 1.29 is 19.7 Å². The van der Waals surface area contributed by atoms with Crippen molar-refractivity contribution in [3.63, 3.8) is 0 Å². The summed E-state index contributed by atoms with van der Waals surface area (Å²) in [5, 5.41) is 18.2. The van der Waals surface area contributed by atoms with Gasteiger partial charge in [-0.15, -0.1) is 0 Å². The van der Waals surface area contributed by atoms with Gasteiger partial charge in [0.1, 0.15) is 0 Å². The zero-order chi connectivity index (χ0) is 13.0. The van der Waals surface area contributed by atoms with Crippen LogP contribution in [0.5, 0.6) is 0 Å². The summed E-state index contributed by atoms with van der Waals surface area (Å²) >= 11 is 0. The molecule has 0 amide bonds. The molecule has 2 rings (SSSR count). The number of aliphatic carboxylic acids is 1. The van der Waals surface area contributed by atoms with Gasteiger partial charge in [0.15, 0.2) is 6.10 Å². The lowest BCUT2D eigenvalue weighted by molar-refractivity contribution is -0.146. The van der Waals surface area contributed by atoms with E-state index in [1.165, 1.54) is 0 Å². The van der Waals surface area contributed by atoms with E-state index in [1.54, 1.807) is 0 Å². The first kappa shape index (κ1) is 13.1. The van der Waals surface area contributed by atoms with Gasteiger partial charge in [-0.05, 0) is 30.4 Å². The number of benzene rings is 1. The lowest BCUT2D eigenvalue weighted by Gasteiger charge is -2.25. The molecule has 1 aliphatic rings. The molecule has 0 radical (unpaired) electrons. The van der Waals surface area contributed by atoms with Crippen LogP contribution in [0.3, 0.4) is 0 Å². The zero-order valence-electron chi connectivity index (χ0n) is 10.2. The molecule has 98 valence electrons. The Morgan fingerprint density at radius 2 is 2.17 bits per heavy atom. The average Bonchev–Trinajstić information content (AvgIpc) is 2.40. The average molecular weight is 250 g/mol. The number of rotatable bonds is 4. The third kappa shape index (κ3) is 3.09. The topological polar surface area (TPSA) is 66.8 Å². The molecule has 2 atom stereocenters. The van der Waals surface area contributed by atoms with Gasteiger partial charge in [-0.2, -0.15) is 0 Å². The Morgan fingerprint density at radius 3 is 2.83 bits per heavy atom. The highest BCUT2D eigenvalue weighted by Gasteiger charge is 2.21. The van der Waals surface area contributed by atoms with E-state index in [-0.39, 0.29) is 12.5 Å². The highest BCUT2D eigenvalue weighted by Crippen LogP contribution is 2.30. The summed E-state index contributed by atoms with van der Waals surface area (Å²) in [5.74, 6) is -1.19. The van der Waals surface area contributed by atoms with Gasteiger partial charge in [-0.1, -0.05) is 24.3 Å². The largest absolute Gasteiger partial charge is 0.479 e. The van der Waals surface area contributed by atoms with Crippen molar-refractivity contribution in [3.05, 3.63) is 35.4 Å². The highest BCUT2D eigenvalue weighted by molar-refractivity contribution is 5.72. The van der Waals surface area contributed by atoms with E-state index in [1.807, 2.05) is 24.3 Å². The third-order valence-electron chi connectivity index (χ3n) is 3.28. The van der Waals surface area contributed by atoms with Crippen LogP contribution < -0.4 is 0 Å². The summed E-state index contributed by atoms with van der Waals surface area (Å²) in [5.41, 5.74) is 1.87. The molecule has 1 saturated heterocycles. The first-order valence-corrected chi connectivity index (χ1v) is 6.29. The molecule has 1 aromatic rings. The van der Waals surface area contributed by atoms with Crippen molar-refractivity contribution in [1.82, 2.24) is 0 Å². The predicted molar refractivity (Wildman–Crippen MR) is 66.3 cm³/mol. The second kappa shape index (κ2) is 5.98. The van der Waals surface area contributed by atoms with Gasteiger partial charge in [0.05, 0.1) is 6.10 Å². The van der Waals surface area contributed by atoms with Gasteiger partial charge in [0.2, 0.25) is 0 Å². The molecule has 1 aromatic carbocycles. The summed E-state index contributed by atoms with van der Waals surface area (Å²) in [6.07, 6.45) is 1.98. The first-order chi connectivity index (χ1) is 8.68. The van der Waals surface area contributed by atoms with E-state index in [0.717, 1.165) is 37.0 Å². The van der Waals surface area contributed by atoms with Crippen LogP contribution in [0.15, 0.2) is 24.3 Å². The van der Waals surface area contributed by atoms with Gasteiger partial charge in [-0.25, -0.2) is 4.79 Å². The number of aliphatic hydroxyl groups excluding tert-OH is 1. The van der Waals surface area contributed by atoms with Crippen LogP contribution in [0.25, 0.3) is 0 Å². The van der Waals surface area contributed by atoms with Crippen LogP contribution in [0.2, 0.25) is 0 Å². The molecule has 1 unspecified atom stereocenters. The van der Waals surface area contributed by atoms with Crippen LogP contribution in [-0.4, -0.2) is 28.9 Å². The fourth-order valence-electron chi connectivity index (χ4n) is 2.32. The smallest absolute Gasteiger partial charge is 0.332 e. The van der Waals surface area contributed by atoms with Gasteiger partial charge < -0.3 is 14.9 Å². The lowest BCUT2D eigenvalue weighted by atomic mass is 9.94. The summed E-state index contributed by atoms with van der Waals surface area (Å²) in [4.78, 5) is 10.7. The Kier molecular flexibility index (Phi) is 4.33. The molecule has 1 heterocycles. The molecule has 0 spiro atoms. The fraction of sp³-hybridized carbons (Fsp3) is 0.500. The number of aliphatic hydroxyl groups is 1. The Bertz CT molecular complexity index is 410. The van der Waals surface area contributed by atoms with Crippen molar-refractivity contribution >= 4 is 5.97 Å². The molecule has 4 heteroatoms. The summed E-state index contributed by atoms with van der Waals surface area (Å²) in [6.45, 7) is 0.750. The maximum Gasteiger partial charge on any atom is 0.332 e. The number of carboxylic acid groups (broad SMARTS) is 1. The van der Waals surface area contributed by atoms with E-state index >= 15 is 0 Å².